The summed E-state index contributed by atoms with van der Waals surface area (Å²) in [6, 6.07) is 30.1. The highest BCUT2D eigenvalue weighted by molar-refractivity contribution is 7.99. The number of benzene rings is 3. The Bertz CT molecular complexity index is 1120. The zero-order valence-electron chi connectivity index (χ0n) is 16.9. The van der Waals surface area contributed by atoms with Crippen LogP contribution in [0.15, 0.2) is 113 Å². The lowest BCUT2D eigenvalue weighted by Crippen LogP contribution is -2.25. The Labute approximate surface area is 186 Å². The average molecular weight is 427 g/mol. The van der Waals surface area contributed by atoms with E-state index in [4.69, 9.17) is 4.84 Å². The number of carbonyl (C=O) groups is 1. The first kappa shape index (κ1) is 20.8. The predicted molar refractivity (Wildman–Crippen MR) is 123 cm³/mol. The lowest BCUT2D eigenvalue weighted by atomic mass is 10.1. The number of aromatic nitrogens is 1. The molecule has 1 N–H and O–H groups in total. The van der Waals surface area contributed by atoms with Crippen molar-refractivity contribution < 1.29 is 9.63 Å². The molecule has 1 amide bonds. The van der Waals surface area contributed by atoms with Crippen LogP contribution in [0, 0.1) is 0 Å². The minimum atomic E-state index is -0.169. The molecule has 0 unspecified atom stereocenters. The molecule has 5 heteroatoms. The Morgan fingerprint density at radius 2 is 1.48 bits per heavy atom. The Morgan fingerprint density at radius 1 is 0.806 bits per heavy atom. The van der Waals surface area contributed by atoms with E-state index >= 15 is 0 Å². The molecule has 4 nitrogen and oxygen atoms in total. The SMILES string of the molecule is O=C(Cc1ccccc1Sc1ccc(-c2ccncc2)cc1)NOCc1ccccc1. The van der Waals surface area contributed by atoms with Crippen molar-refractivity contribution in [3.8, 4) is 11.1 Å². The fourth-order valence-electron chi connectivity index (χ4n) is 3.12. The van der Waals surface area contributed by atoms with Crippen molar-refractivity contribution in [2.75, 3.05) is 0 Å². The van der Waals surface area contributed by atoms with E-state index in [0.717, 1.165) is 32.0 Å². The first-order chi connectivity index (χ1) is 15.3. The summed E-state index contributed by atoms with van der Waals surface area (Å²) in [6.07, 6.45) is 3.85. The number of hydrogen-bond acceptors (Lipinski definition) is 4. The van der Waals surface area contributed by atoms with Gasteiger partial charge in [0.25, 0.3) is 0 Å². The summed E-state index contributed by atoms with van der Waals surface area (Å²) in [5.74, 6) is -0.169. The lowest BCUT2D eigenvalue weighted by Gasteiger charge is -2.10. The number of hydrogen-bond donors (Lipinski definition) is 1. The van der Waals surface area contributed by atoms with Crippen molar-refractivity contribution in [3.05, 3.63) is 115 Å². The molecule has 0 aliphatic carbocycles. The molecule has 0 radical (unpaired) electrons. The number of hydroxylamine groups is 1. The maximum atomic E-state index is 12.4. The third-order valence-corrected chi connectivity index (χ3v) is 5.81. The summed E-state index contributed by atoms with van der Waals surface area (Å²) in [5.41, 5.74) is 6.80. The molecule has 4 rings (SSSR count). The van der Waals surface area contributed by atoms with Gasteiger partial charge in [-0.2, -0.15) is 0 Å². The predicted octanol–water partition coefficient (Wildman–Crippen LogP) is 5.69. The number of pyridine rings is 1. The van der Waals surface area contributed by atoms with E-state index in [-0.39, 0.29) is 12.3 Å². The highest BCUT2D eigenvalue weighted by atomic mass is 32.2. The van der Waals surface area contributed by atoms with Gasteiger partial charge in [-0.1, -0.05) is 72.4 Å². The molecule has 4 aromatic rings. The van der Waals surface area contributed by atoms with Crippen molar-refractivity contribution in [3.63, 3.8) is 0 Å². The molecule has 0 fully saturated rings. The molecule has 0 bridgehead atoms. The quantitative estimate of drug-likeness (QED) is 0.368. The van der Waals surface area contributed by atoms with Gasteiger partial charge >= 0.3 is 0 Å². The van der Waals surface area contributed by atoms with Crippen LogP contribution in [0.2, 0.25) is 0 Å². The Kier molecular flexibility index (Phi) is 7.11. The van der Waals surface area contributed by atoms with E-state index in [9.17, 15) is 4.79 Å². The van der Waals surface area contributed by atoms with Crippen molar-refractivity contribution in [2.45, 2.75) is 22.8 Å². The van der Waals surface area contributed by atoms with Gasteiger partial charge < -0.3 is 0 Å². The van der Waals surface area contributed by atoms with E-state index in [1.54, 1.807) is 24.2 Å². The molecule has 0 aliphatic heterocycles. The summed E-state index contributed by atoms with van der Waals surface area (Å²) in [6.45, 7) is 0.340. The van der Waals surface area contributed by atoms with E-state index in [1.807, 2.05) is 66.7 Å². The van der Waals surface area contributed by atoms with Gasteiger partial charge in [0, 0.05) is 22.2 Å². The van der Waals surface area contributed by atoms with Crippen molar-refractivity contribution in [1.82, 2.24) is 10.5 Å². The average Bonchev–Trinajstić information content (AvgIpc) is 2.82. The van der Waals surface area contributed by atoms with Crippen LogP contribution in [-0.4, -0.2) is 10.9 Å². The molecular weight excluding hydrogens is 404 g/mol. The number of nitrogens with one attached hydrogen (secondary N) is 1. The van der Waals surface area contributed by atoms with Gasteiger partial charge in [0.2, 0.25) is 5.91 Å². The van der Waals surface area contributed by atoms with Crippen LogP contribution >= 0.6 is 11.8 Å². The Hall–Kier alpha value is -3.41. The van der Waals surface area contributed by atoms with Crippen molar-refractivity contribution >= 4 is 17.7 Å². The zero-order valence-corrected chi connectivity index (χ0v) is 17.7. The first-order valence-electron chi connectivity index (χ1n) is 9.99. The summed E-state index contributed by atoms with van der Waals surface area (Å²) < 4.78 is 0. The van der Waals surface area contributed by atoms with Gasteiger partial charge in [0.05, 0.1) is 13.0 Å². The molecular formula is C26H22N2O2S. The third kappa shape index (κ3) is 6.04. The molecule has 0 spiro atoms. The van der Waals surface area contributed by atoms with Crippen LogP contribution in [0.1, 0.15) is 11.1 Å². The molecule has 0 saturated heterocycles. The van der Waals surface area contributed by atoms with Gasteiger partial charge in [-0.3, -0.25) is 14.6 Å². The minimum Gasteiger partial charge on any atom is -0.272 e. The fraction of sp³-hybridized carbons (Fsp3) is 0.0769. The number of rotatable bonds is 8. The third-order valence-electron chi connectivity index (χ3n) is 4.69. The maximum Gasteiger partial charge on any atom is 0.248 e. The second kappa shape index (κ2) is 10.6. The number of carbonyl (C=O) groups excluding carboxylic acids is 1. The largest absolute Gasteiger partial charge is 0.272 e. The molecule has 31 heavy (non-hydrogen) atoms. The summed E-state index contributed by atoms with van der Waals surface area (Å²) >= 11 is 1.65. The first-order valence-corrected chi connectivity index (χ1v) is 10.8. The minimum absolute atomic E-state index is 0.169. The van der Waals surface area contributed by atoms with E-state index in [0.29, 0.717) is 6.61 Å². The van der Waals surface area contributed by atoms with E-state index in [2.05, 4.69) is 34.7 Å². The number of amides is 1. The maximum absolute atomic E-state index is 12.4. The normalized spacial score (nSPS) is 10.6. The van der Waals surface area contributed by atoms with Gasteiger partial charge in [0.1, 0.15) is 0 Å². The van der Waals surface area contributed by atoms with Crippen LogP contribution in [0.5, 0.6) is 0 Å². The van der Waals surface area contributed by atoms with E-state index < -0.39 is 0 Å². The molecule has 1 aromatic heterocycles. The van der Waals surface area contributed by atoms with Crippen molar-refractivity contribution in [1.29, 1.82) is 0 Å². The lowest BCUT2D eigenvalue weighted by molar-refractivity contribution is -0.133. The van der Waals surface area contributed by atoms with Gasteiger partial charge in [0.15, 0.2) is 0 Å². The smallest absolute Gasteiger partial charge is 0.248 e. The monoisotopic (exact) mass is 426 g/mol. The van der Waals surface area contributed by atoms with E-state index in [1.165, 1.54) is 0 Å². The Morgan fingerprint density at radius 3 is 2.26 bits per heavy atom. The van der Waals surface area contributed by atoms with Crippen LogP contribution in [-0.2, 0) is 22.7 Å². The molecule has 154 valence electrons. The molecule has 0 aliphatic rings. The van der Waals surface area contributed by atoms with Crippen LogP contribution in [0.3, 0.4) is 0 Å². The van der Waals surface area contributed by atoms with Gasteiger partial charge in [-0.15, -0.1) is 0 Å². The number of nitrogens with zero attached hydrogens (tertiary/aromatic N) is 1. The molecule has 0 saturated carbocycles. The second-order valence-corrected chi connectivity index (χ2v) is 8.06. The Balaban J connectivity index is 1.36. The molecule has 0 atom stereocenters. The summed E-state index contributed by atoms with van der Waals surface area (Å²) in [5, 5.41) is 0. The summed E-state index contributed by atoms with van der Waals surface area (Å²) in [7, 11) is 0. The summed E-state index contributed by atoms with van der Waals surface area (Å²) in [4.78, 5) is 24.0. The van der Waals surface area contributed by atoms with Crippen molar-refractivity contribution in [2.24, 2.45) is 0 Å². The zero-order chi connectivity index (χ0) is 21.3. The highest BCUT2D eigenvalue weighted by Gasteiger charge is 2.10. The van der Waals surface area contributed by atoms with Crippen LogP contribution < -0.4 is 5.48 Å². The molecule has 3 aromatic carbocycles. The van der Waals surface area contributed by atoms with Crippen LogP contribution in [0.4, 0.5) is 0 Å². The fourth-order valence-corrected chi connectivity index (χ4v) is 4.06. The second-order valence-electron chi connectivity index (χ2n) is 6.95. The standard InChI is InChI=1S/C26H22N2O2S/c29-26(28-30-19-20-6-2-1-3-7-20)18-23-8-4-5-9-25(23)31-24-12-10-21(11-13-24)22-14-16-27-17-15-22/h1-17H,18-19H2,(H,28,29). The van der Waals surface area contributed by atoms with Crippen LogP contribution in [0.25, 0.3) is 11.1 Å². The van der Waals surface area contributed by atoms with Gasteiger partial charge in [-0.25, -0.2) is 5.48 Å². The molecule has 1 heterocycles. The van der Waals surface area contributed by atoms with Gasteiger partial charge in [-0.05, 0) is 52.6 Å². The topological polar surface area (TPSA) is 51.2 Å². The highest BCUT2D eigenvalue weighted by Crippen LogP contribution is 2.32.